The second-order valence-corrected chi connectivity index (χ2v) is 18.6. The highest BCUT2D eigenvalue weighted by Crippen LogP contribution is 2.26. The molecule has 1 fully saturated rings. The molecule has 0 radical (unpaired) electrons. The summed E-state index contributed by atoms with van der Waals surface area (Å²) in [6.07, 6.45) is 47.8. The van der Waals surface area contributed by atoms with Crippen LogP contribution in [-0.4, -0.2) is 99.6 Å². The van der Waals surface area contributed by atoms with Gasteiger partial charge in [-0.1, -0.05) is 196 Å². The largest absolute Gasteiger partial charge is 0.454 e. The number of amides is 1. The molecule has 0 spiro atoms. The summed E-state index contributed by atoms with van der Waals surface area (Å²) in [6.45, 7) is 5.58. The lowest BCUT2D eigenvalue weighted by atomic mass is 9.99. The van der Waals surface area contributed by atoms with Gasteiger partial charge in [0.15, 0.2) is 12.4 Å². The van der Waals surface area contributed by atoms with Gasteiger partial charge in [-0.25, -0.2) is 0 Å². The lowest BCUT2D eigenvalue weighted by molar-refractivity contribution is -0.305. The molecule has 0 aromatic carbocycles. The smallest absolute Gasteiger partial charge is 0.306 e. The Hall–Kier alpha value is -3.16. The molecule has 69 heavy (non-hydrogen) atoms. The summed E-state index contributed by atoms with van der Waals surface area (Å²) in [6, 6.07) is -1.04. The number of ether oxygens (including phenoxy) is 3. The van der Waals surface area contributed by atoms with Gasteiger partial charge in [0.1, 0.15) is 24.4 Å². The molecule has 1 heterocycles. The predicted octanol–water partition coefficient (Wildman–Crippen LogP) is 11.8. The van der Waals surface area contributed by atoms with Crippen LogP contribution in [-0.2, 0) is 23.8 Å². The molecule has 1 aliphatic rings. The van der Waals surface area contributed by atoms with Gasteiger partial charge in [-0.05, 0) is 89.9 Å². The number of allylic oxidation sites excluding steroid dienone is 13. The summed E-state index contributed by atoms with van der Waals surface area (Å²) < 4.78 is 17.5. The first-order valence-corrected chi connectivity index (χ1v) is 27.4. The molecule has 1 aliphatic heterocycles. The number of carbonyl (C=O) groups excluding carboxylic acids is 2. The van der Waals surface area contributed by atoms with Crippen LogP contribution in [0, 0.1) is 0 Å². The van der Waals surface area contributed by atoms with Gasteiger partial charge in [0.05, 0.1) is 25.4 Å². The molecular formula is C58H99NO10. The summed E-state index contributed by atoms with van der Waals surface area (Å²) >= 11 is 0. The summed E-state index contributed by atoms with van der Waals surface area (Å²) in [4.78, 5) is 26.3. The SMILES string of the molecule is CC/C=C\C/C=C\C/C=C\C/C=C\C/C=C\CCCC(=O)OC1C(OCC(NC(=O)C(O)CCCC/C=C\CCCCCCCC)C(O)/C=C/CCCCCCCCCCC)OC(CO)C(O)C1O. The molecule has 11 heteroatoms. The molecule has 1 rings (SSSR count). The van der Waals surface area contributed by atoms with Gasteiger partial charge < -0.3 is 45.1 Å². The Labute approximate surface area is 419 Å². The Kier molecular flexibility index (Phi) is 42.5. The molecule has 1 amide bonds. The van der Waals surface area contributed by atoms with E-state index in [0.717, 1.165) is 77.0 Å². The van der Waals surface area contributed by atoms with Crippen molar-refractivity contribution in [3.63, 3.8) is 0 Å². The van der Waals surface area contributed by atoms with Crippen molar-refractivity contribution in [1.29, 1.82) is 0 Å². The monoisotopic (exact) mass is 970 g/mol. The fourth-order valence-electron chi connectivity index (χ4n) is 7.91. The molecule has 11 nitrogen and oxygen atoms in total. The molecule has 8 unspecified atom stereocenters. The van der Waals surface area contributed by atoms with Gasteiger partial charge in [0.2, 0.25) is 5.91 Å². The average Bonchev–Trinajstić information content (AvgIpc) is 3.34. The minimum absolute atomic E-state index is 0.0400. The summed E-state index contributed by atoms with van der Waals surface area (Å²) in [5.74, 6) is -1.28. The third-order valence-electron chi connectivity index (χ3n) is 12.3. The van der Waals surface area contributed by atoms with Crippen LogP contribution < -0.4 is 5.32 Å². The van der Waals surface area contributed by atoms with Crippen LogP contribution in [0.25, 0.3) is 0 Å². The van der Waals surface area contributed by atoms with Gasteiger partial charge in [0, 0.05) is 6.42 Å². The maximum atomic E-state index is 13.3. The van der Waals surface area contributed by atoms with E-state index in [1.54, 1.807) is 6.08 Å². The van der Waals surface area contributed by atoms with E-state index in [2.05, 4.69) is 86.8 Å². The topological polar surface area (TPSA) is 175 Å². The second kappa shape index (κ2) is 45.9. The quantitative estimate of drug-likeness (QED) is 0.0196. The molecule has 0 aromatic rings. The first-order chi connectivity index (χ1) is 33.7. The van der Waals surface area contributed by atoms with E-state index in [1.807, 2.05) is 18.2 Å². The molecule has 8 atom stereocenters. The zero-order valence-electron chi connectivity index (χ0n) is 43.4. The summed E-state index contributed by atoms with van der Waals surface area (Å²) in [5, 5.41) is 56.6. The number of hydrogen-bond donors (Lipinski definition) is 6. The molecule has 396 valence electrons. The highest BCUT2D eigenvalue weighted by molar-refractivity contribution is 5.80. The van der Waals surface area contributed by atoms with Crippen LogP contribution in [0.5, 0.6) is 0 Å². The Morgan fingerprint density at radius 3 is 1.58 bits per heavy atom. The minimum Gasteiger partial charge on any atom is -0.454 e. The maximum Gasteiger partial charge on any atom is 0.306 e. The van der Waals surface area contributed by atoms with E-state index in [0.29, 0.717) is 19.3 Å². The van der Waals surface area contributed by atoms with Crippen LogP contribution in [0.2, 0.25) is 0 Å². The fraction of sp³-hybridized carbons (Fsp3) is 0.724. The van der Waals surface area contributed by atoms with Crippen LogP contribution in [0.15, 0.2) is 85.1 Å². The Morgan fingerprint density at radius 2 is 1.04 bits per heavy atom. The second-order valence-electron chi connectivity index (χ2n) is 18.6. The molecule has 1 saturated heterocycles. The number of aliphatic hydroxyl groups excluding tert-OH is 5. The zero-order valence-corrected chi connectivity index (χ0v) is 43.4. The Morgan fingerprint density at radius 1 is 0.580 bits per heavy atom. The van der Waals surface area contributed by atoms with Crippen molar-refractivity contribution in [2.75, 3.05) is 13.2 Å². The van der Waals surface area contributed by atoms with Crippen molar-refractivity contribution >= 4 is 11.9 Å². The Balaban J connectivity index is 2.80. The van der Waals surface area contributed by atoms with Crippen LogP contribution in [0.1, 0.15) is 207 Å². The molecular weight excluding hydrogens is 871 g/mol. The molecule has 6 N–H and O–H groups in total. The third kappa shape index (κ3) is 34.7. The number of unbranched alkanes of at least 4 members (excludes halogenated alkanes) is 18. The first kappa shape index (κ1) is 63.9. The lowest BCUT2D eigenvalue weighted by Crippen LogP contribution is -2.61. The molecule has 0 bridgehead atoms. The number of aliphatic hydroxyl groups is 5. The summed E-state index contributed by atoms with van der Waals surface area (Å²) in [5.41, 5.74) is 0. The van der Waals surface area contributed by atoms with Crippen molar-refractivity contribution in [3.05, 3.63) is 85.1 Å². The average molecular weight is 970 g/mol. The predicted molar refractivity (Wildman–Crippen MR) is 282 cm³/mol. The van der Waals surface area contributed by atoms with Gasteiger partial charge in [0.25, 0.3) is 0 Å². The number of nitrogens with one attached hydrogen (secondary N) is 1. The summed E-state index contributed by atoms with van der Waals surface area (Å²) in [7, 11) is 0. The number of hydrogen-bond acceptors (Lipinski definition) is 10. The number of carbonyl (C=O) groups is 2. The third-order valence-corrected chi connectivity index (χ3v) is 12.3. The number of esters is 1. The van der Waals surface area contributed by atoms with Gasteiger partial charge in [-0.2, -0.15) is 0 Å². The lowest BCUT2D eigenvalue weighted by Gasteiger charge is -2.41. The maximum absolute atomic E-state index is 13.3. The van der Waals surface area contributed by atoms with Gasteiger partial charge in [-0.3, -0.25) is 9.59 Å². The van der Waals surface area contributed by atoms with E-state index < -0.39 is 67.4 Å². The molecule has 0 aliphatic carbocycles. The number of rotatable bonds is 44. The van der Waals surface area contributed by atoms with E-state index in [4.69, 9.17) is 14.2 Å². The van der Waals surface area contributed by atoms with E-state index >= 15 is 0 Å². The van der Waals surface area contributed by atoms with Crippen molar-refractivity contribution < 1.29 is 49.3 Å². The zero-order chi connectivity index (χ0) is 50.4. The van der Waals surface area contributed by atoms with E-state index in [9.17, 15) is 35.1 Å². The minimum atomic E-state index is -1.64. The van der Waals surface area contributed by atoms with Crippen molar-refractivity contribution in [1.82, 2.24) is 5.32 Å². The highest BCUT2D eigenvalue weighted by atomic mass is 16.7. The van der Waals surface area contributed by atoms with Crippen LogP contribution in [0.3, 0.4) is 0 Å². The standard InChI is InChI=1S/C58H99NO10/c1-4-7-10-13-16-19-22-24-25-26-27-28-31-34-37-40-43-46-53(63)69-56-55(65)54(64)52(47-60)68-58(56)67-48-49(50(61)44-41-38-35-32-29-21-18-15-12-9-6-3)59-57(66)51(62)45-42-39-36-33-30-23-20-17-14-11-8-5-2/h7,10,16,19,24-25,27-28,30,33-34,37,41,44,49-52,54-56,58,60-62,64-65H,4-6,8-9,11-15,17-18,20-23,26,29,31-32,35-36,38-40,42-43,45-48H2,1-3H3,(H,59,66)/b10-7-,19-16-,25-24-,28-27-,33-30-,37-34-,44-41+. The van der Waals surface area contributed by atoms with E-state index in [1.165, 1.54) is 77.0 Å². The van der Waals surface area contributed by atoms with Gasteiger partial charge in [-0.15, -0.1) is 0 Å². The molecule has 0 aromatic heterocycles. The van der Waals surface area contributed by atoms with Gasteiger partial charge >= 0.3 is 5.97 Å². The fourth-order valence-corrected chi connectivity index (χ4v) is 7.91. The first-order valence-electron chi connectivity index (χ1n) is 27.4. The van der Waals surface area contributed by atoms with Crippen molar-refractivity contribution in [2.45, 2.75) is 256 Å². The van der Waals surface area contributed by atoms with Crippen LogP contribution >= 0.6 is 0 Å². The Bertz CT molecular complexity index is 1440. The van der Waals surface area contributed by atoms with Crippen LogP contribution in [0.4, 0.5) is 0 Å². The van der Waals surface area contributed by atoms with Crippen molar-refractivity contribution in [2.24, 2.45) is 0 Å². The van der Waals surface area contributed by atoms with E-state index in [-0.39, 0.29) is 19.4 Å². The van der Waals surface area contributed by atoms with Crippen molar-refractivity contribution in [3.8, 4) is 0 Å². The highest BCUT2D eigenvalue weighted by Gasteiger charge is 2.47. The molecule has 0 saturated carbocycles. The normalized spacial score (nSPS) is 20.5.